The van der Waals surface area contributed by atoms with Gasteiger partial charge in [0, 0.05) is 5.56 Å². The van der Waals surface area contributed by atoms with Gasteiger partial charge in [-0.05, 0) is 49.4 Å². The summed E-state index contributed by atoms with van der Waals surface area (Å²) >= 11 is 1.29. The first-order valence-electron chi connectivity index (χ1n) is 8.69. The van der Waals surface area contributed by atoms with Crippen LogP contribution in [0.25, 0.3) is 21.7 Å². The van der Waals surface area contributed by atoms with Crippen molar-refractivity contribution in [1.82, 2.24) is 14.8 Å². The number of nitrogens with one attached hydrogen (secondary N) is 1. The molecule has 0 saturated heterocycles. The van der Waals surface area contributed by atoms with Gasteiger partial charge in [-0.15, -0.1) is 5.10 Å². The fraction of sp³-hybridized carbons (Fsp3) is 0.158. The molecule has 4 aromatic rings. The van der Waals surface area contributed by atoms with E-state index in [2.05, 4.69) is 15.4 Å². The molecular weight excluding hydrogens is 399 g/mol. The molecule has 0 saturated carbocycles. The van der Waals surface area contributed by atoms with Crippen LogP contribution in [0.5, 0.6) is 5.75 Å². The maximum Gasteiger partial charge on any atom is 0.437 e. The number of nitrogens with zero attached hydrogens (tertiary/aromatic N) is 3. The van der Waals surface area contributed by atoms with Crippen LogP contribution in [0.2, 0.25) is 0 Å². The molecule has 0 radical (unpaired) electrons. The number of aromatic nitrogens is 3. The Balaban J connectivity index is 1.48. The Morgan fingerprint density at radius 1 is 1.28 bits per heavy atom. The molecule has 0 spiro atoms. The van der Waals surface area contributed by atoms with Crippen molar-refractivity contribution in [1.29, 1.82) is 0 Å². The lowest BCUT2D eigenvalue weighted by molar-refractivity contribution is -0.117. The Bertz CT molecular complexity index is 1230. The van der Waals surface area contributed by atoms with Gasteiger partial charge in [0.15, 0.2) is 5.13 Å². The Kier molecular flexibility index (Phi) is 5.09. The highest BCUT2D eigenvalue weighted by Crippen LogP contribution is 2.29. The molecule has 148 valence electrons. The molecule has 1 amide bonds. The number of hydrogen-bond donors (Lipinski definition) is 1. The molecule has 0 aliphatic rings. The van der Waals surface area contributed by atoms with Gasteiger partial charge in [-0.3, -0.25) is 4.79 Å². The lowest BCUT2D eigenvalue weighted by Crippen LogP contribution is -2.25. The van der Waals surface area contributed by atoms with E-state index in [0.29, 0.717) is 17.3 Å². The van der Waals surface area contributed by atoms with Gasteiger partial charge in [0.25, 0.3) is 0 Å². The summed E-state index contributed by atoms with van der Waals surface area (Å²) in [6.07, 6.45) is 0. The Labute approximate surface area is 167 Å². The smallest absolute Gasteiger partial charge is 0.437 e. The minimum atomic E-state index is -0.787. The predicted molar refractivity (Wildman–Crippen MR) is 106 cm³/mol. The van der Waals surface area contributed by atoms with E-state index in [4.69, 9.17) is 9.15 Å². The van der Waals surface area contributed by atoms with Crippen LogP contribution >= 0.6 is 11.3 Å². The summed E-state index contributed by atoms with van der Waals surface area (Å²) in [7, 11) is 0. The van der Waals surface area contributed by atoms with Gasteiger partial charge in [-0.25, -0.2) is 14.2 Å². The molecule has 2 heterocycles. The van der Waals surface area contributed by atoms with Gasteiger partial charge < -0.3 is 14.5 Å². The topological polar surface area (TPSA) is 99.2 Å². The second-order valence-corrected chi connectivity index (χ2v) is 7.00. The molecule has 2 aromatic carbocycles. The van der Waals surface area contributed by atoms with E-state index in [0.717, 1.165) is 20.6 Å². The number of anilines is 1. The van der Waals surface area contributed by atoms with E-state index in [1.54, 1.807) is 0 Å². The fourth-order valence-electron chi connectivity index (χ4n) is 2.62. The number of carbonyl (C=O) groups excluding carboxylic acids is 1. The van der Waals surface area contributed by atoms with Crippen molar-refractivity contribution in [2.24, 2.45) is 0 Å². The quantitative estimate of drug-likeness (QED) is 0.520. The summed E-state index contributed by atoms with van der Waals surface area (Å²) in [5, 5.41) is 7.04. The van der Waals surface area contributed by atoms with Crippen LogP contribution in [0, 0.1) is 5.82 Å². The molecular formula is C19H15FN4O4S. The standard InChI is InChI=1S/C19H15FN4O4S/c1-2-27-13-7-8-14-15(9-13)29-18(21-14)22-16(25)10-24-19(26)28-17(23-24)11-3-5-12(20)6-4-11/h3-9H,2,10H2,1H3,(H,21,22,25). The third-order valence-corrected chi connectivity index (χ3v) is 4.84. The monoisotopic (exact) mass is 414 g/mol. The summed E-state index contributed by atoms with van der Waals surface area (Å²) < 4.78 is 25.3. The van der Waals surface area contributed by atoms with Crippen molar-refractivity contribution < 1.29 is 18.3 Å². The van der Waals surface area contributed by atoms with Crippen molar-refractivity contribution in [3.8, 4) is 17.2 Å². The summed E-state index contributed by atoms with van der Waals surface area (Å²) in [6.45, 7) is 2.11. The lowest BCUT2D eigenvalue weighted by Gasteiger charge is -2.00. The number of amides is 1. The SMILES string of the molecule is CCOc1ccc2nc(NC(=O)Cn3nc(-c4ccc(F)cc4)oc3=O)sc2c1. The minimum Gasteiger partial charge on any atom is -0.494 e. The summed E-state index contributed by atoms with van der Waals surface area (Å²) in [5.74, 6) is -0.949. The zero-order valence-corrected chi connectivity index (χ0v) is 16.0. The third-order valence-electron chi connectivity index (χ3n) is 3.91. The molecule has 0 atom stereocenters. The molecule has 10 heteroatoms. The van der Waals surface area contributed by atoms with E-state index >= 15 is 0 Å². The molecule has 4 rings (SSSR count). The van der Waals surface area contributed by atoms with Crippen LogP contribution < -0.4 is 15.8 Å². The predicted octanol–water partition coefficient (Wildman–Crippen LogP) is 3.29. The van der Waals surface area contributed by atoms with Gasteiger partial charge in [-0.1, -0.05) is 11.3 Å². The maximum absolute atomic E-state index is 13.0. The summed E-state index contributed by atoms with van der Waals surface area (Å²) in [5.41, 5.74) is 1.16. The highest BCUT2D eigenvalue weighted by molar-refractivity contribution is 7.22. The maximum atomic E-state index is 13.0. The van der Waals surface area contributed by atoms with Crippen LogP contribution in [0.3, 0.4) is 0 Å². The first-order chi connectivity index (χ1) is 14.0. The van der Waals surface area contributed by atoms with E-state index in [9.17, 15) is 14.0 Å². The number of ether oxygens (including phenoxy) is 1. The number of benzene rings is 2. The first kappa shape index (κ1) is 18.8. The number of fused-ring (bicyclic) bond motifs is 1. The summed E-state index contributed by atoms with van der Waals surface area (Å²) in [6, 6.07) is 10.8. The normalized spacial score (nSPS) is 11.0. The zero-order chi connectivity index (χ0) is 20.4. The van der Waals surface area contributed by atoms with Crippen molar-refractivity contribution in [3.05, 3.63) is 58.8 Å². The largest absolute Gasteiger partial charge is 0.494 e. The van der Waals surface area contributed by atoms with Crippen molar-refractivity contribution in [2.75, 3.05) is 11.9 Å². The van der Waals surface area contributed by atoms with Crippen LogP contribution in [0.15, 0.2) is 51.7 Å². The molecule has 0 aliphatic carbocycles. The number of thiazole rings is 1. The second kappa shape index (κ2) is 7.84. The molecule has 0 unspecified atom stereocenters. The number of halogens is 1. The highest BCUT2D eigenvalue weighted by atomic mass is 32.1. The van der Waals surface area contributed by atoms with Gasteiger partial charge >= 0.3 is 5.76 Å². The fourth-order valence-corrected chi connectivity index (χ4v) is 3.54. The van der Waals surface area contributed by atoms with Crippen LogP contribution in [-0.4, -0.2) is 27.3 Å². The molecule has 29 heavy (non-hydrogen) atoms. The number of carbonyl (C=O) groups is 1. The third kappa shape index (κ3) is 4.16. The van der Waals surface area contributed by atoms with Crippen LogP contribution in [0.1, 0.15) is 6.92 Å². The van der Waals surface area contributed by atoms with Crippen LogP contribution in [-0.2, 0) is 11.3 Å². The van der Waals surface area contributed by atoms with E-state index in [1.165, 1.54) is 35.6 Å². The van der Waals surface area contributed by atoms with Gasteiger partial charge in [0.1, 0.15) is 18.1 Å². The van der Waals surface area contributed by atoms with E-state index < -0.39 is 17.5 Å². The molecule has 8 nitrogen and oxygen atoms in total. The Morgan fingerprint density at radius 2 is 2.07 bits per heavy atom. The van der Waals surface area contributed by atoms with Gasteiger partial charge in [-0.2, -0.15) is 4.68 Å². The van der Waals surface area contributed by atoms with E-state index in [-0.39, 0.29) is 12.4 Å². The molecule has 0 bridgehead atoms. The Morgan fingerprint density at radius 3 is 2.83 bits per heavy atom. The first-order valence-corrected chi connectivity index (χ1v) is 9.50. The number of rotatable bonds is 6. The molecule has 2 aromatic heterocycles. The molecule has 0 fully saturated rings. The average molecular weight is 414 g/mol. The van der Waals surface area contributed by atoms with Gasteiger partial charge in [0.2, 0.25) is 11.8 Å². The highest BCUT2D eigenvalue weighted by Gasteiger charge is 2.15. The zero-order valence-electron chi connectivity index (χ0n) is 15.2. The van der Waals surface area contributed by atoms with E-state index in [1.807, 2.05) is 25.1 Å². The van der Waals surface area contributed by atoms with Crippen LogP contribution in [0.4, 0.5) is 9.52 Å². The molecule has 0 aliphatic heterocycles. The number of hydrogen-bond acceptors (Lipinski definition) is 7. The summed E-state index contributed by atoms with van der Waals surface area (Å²) in [4.78, 5) is 28.6. The van der Waals surface area contributed by atoms with Crippen molar-refractivity contribution in [2.45, 2.75) is 13.5 Å². The second-order valence-electron chi connectivity index (χ2n) is 5.97. The van der Waals surface area contributed by atoms with Crippen molar-refractivity contribution in [3.63, 3.8) is 0 Å². The minimum absolute atomic E-state index is 0.00578. The van der Waals surface area contributed by atoms with Crippen molar-refractivity contribution >= 4 is 32.6 Å². The Hall–Kier alpha value is -3.53. The molecule has 1 N–H and O–H groups in total. The van der Waals surface area contributed by atoms with Gasteiger partial charge in [0.05, 0.1) is 16.8 Å². The lowest BCUT2D eigenvalue weighted by atomic mass is 10.2. The average Bonchev–Trinajstić information content (AvgIpc) is 3.25.